The largest absolute Gasteiger partial charge is 0.300 e. The van der Waals surface area contributed by atoms with Crippen molar-refractivity contribution in [3.05, 3.63) is 0 Å². The SMILES string of the molecule is CC(C)CN1CC(S(=O)(=O)Cl)C1. The minimum absolute atomic E-state index is 0.335. The van der Waals surface area contributed by atoms with Gasteiger partial charge in [-0.3, -0.25) is 0 Å². The second-order valence-corrected chi connectivity index (χ2v) is 6.62. The van der Waals surface area contributed by atoms with E-state index >= 15 is 0 Å². The van der Waals surface area contributed by atoms with E-state index < -0.39 is 9.05 Å². The third-order valence-electron chi connectivity index (χ3n) is 1.95. The minimum Gasteiger partial charge on any atom is -0.300 e. The topological polar surface area (TPSA) is 37.4 Å². The number of rotatable bonds is 3. The average Bonchev–Trinajstić information content (AvgIpc) is 1.73. The molecule has 0 bridgehead atoms. The summed E-state index contributed by atoms with van der Waals surface area (Å²) in [6, 6.07) is 0. The molecule has 1 aliphatic rings. The summed E-state index contributed by atoms with van der Waals surface area (Å²) in [6.07, 6.45) is 0. The Kier molecular flexibility index (Phi) is 3.01. The maximum absolute atomic E-state index is 10.8. The summed E-state index contributed by atoms with van der Waals surface area (Å²) in [5, 5.41) is -0.335. The Labute approximate surface area is 78.1 Å². The van der Waals surface area contributed by atoms with Crippen molar-refractivity contribution >= 4 is 19.7 Å². The normalized spacial score (nSPS) is 21.3. The Morgan fingerprint density at radius 1 is 1.50 bits per heavy atom. The highest BCUT2D eigenvalue weighted by molar-refractivity contribution is 8.14. The molecule has 1 aliphatic heterocycles. The van der Waals surface area contributed by atoms with Crippen LogP contribution in [0.3, 0.4) is 0 Å². The predicted molar refractivity (Wildman–Crippen MR) is 49.8 cm³/mol. The van der Waals surface area contributed by atoms with Crippen molar-refractivity contribution in [3.63, 3.8) is 0 Å². The molecule has 0 amide bonds. The Morgan fingerprint density at radius 2 is 2.00 bits per heavy atom. The van der Waals surface area contributed by atoms with Crippen molar-refractivity contribution in [3.8, 4) is 0 Å². The van der Waals surface area contributed by atoms with Gasteiger partial charge in [-0.15, -0.1) is 0 Å². The molecule has 0 N–H and O–H groups in total. The summed E-state index contributed by atoms with van der Waals surface area (Å²) in [5.41, 5.74) is 0. The van der Waals surface area contributed by atoms with Crippen LogP contribution in [0.25, 0.3) is 0 Å². The van der Waals surface area contributed by atoms with Crippen molar-refractivity contribution in [2.75, 3.05) is 19.6 Å². The summed E-state index contributed by atoms with van der Waals surface area (Å²) in [6.45, 7) is 6.39. The molecule has 0 aromatic carbocycles. The van der Waals surface area contributed by atoms with Crippen LogP contribution >= 0.6 is 10.7 Å². The molecule has 72 valence electrons. The van der Waals surface area contributed by atoms with E-state index in [1.165, 1.54) is 0 Å². The van der Waals surface area contributed by atoms with Crippen LogP contribution in [0.4, 0.5) is 0 Å². The lowest BCUT2D eigenvalue weighted by Crippen LogP contribution is -2.54. The Morgan fingerprint density at radius 3 is 2.33 bits per heavy atom. The van der Waals surface area contributed by atoms with Crippen molar-refractivity contribution in [1.82, 2.24) is 4.90 Å². The highest BCUT2D eigenvalue weighted by Gasteiger charge is 2.35. The van der Waals surface area contributed by atoms with Crippen LogP contribution in [-0.4, -0.2) is 38.2 Å². The van der Waals surface area contributed by atoms with Crippen LogP contribution in [0, 0.1) is 5.92 Å². The second kappa shape index (κ2) is 3.52. The van der Waals surface area contributed by atoms with Crippen molar-refractivity contribution in [1.29, 1.82) is 0 Å². The molecule has 3 nitrogen and oxygen atoms in total. The molecule has 0 aliphatic carbocycles. The molecule has 0 aromatic heterocycles. The fourth-order valence-corrected chi connectivity index (χ4v) is 2.48. The van der Waals surface area contributed by atoms with Gasteiger partial charge in [-0.1, -0.05) is 13.8 Å². The van der Waals surface area contributed by atoms with Crippen LogP contribution in [0.5, 0.6) is 0 Å². The molecule has 0 radical (unpaired) electrons. The summed E-state index contributed by atoms with van der Waals surface area (Å²) >= 11 is 0. The number of hydrogen-bond donors (Lipinski definition) is 0. The van der Waals surface area contributed by atoms with Gasteiger partial charge >= 0.3 is 0 Å². The van der Waals surface area contributed by atoms with Gasteiger partial charge in [-0.25, -0.2) is 8.42 Å². The maximum Gasteiger partial charge on any atom is 0.237 e. The molecular formula is C7H14ClNO2S. The molecule has 0 unspecified atom stereocenters. The predicted octanol–water partition coefficient (Wildman–Crippen LogP) is 0.895. The zero-order valence-corrected chi connectivity index (χ0v) is 8.90. The van der Waals surface area contributed by atoms with Gasteiger partial charge < -0.3 is 4.90 Å². The maximum atomic E-state index is 10.8. The van der Waals surface area contributed by atoms with E-state index in [-0.39, 0.29) is 5.25 Å². The van der Waals surface area contributed by atoms with E-state index in [1.807, 2.05) is 0 Å². The first-order chi connectivity index (χ1) is 5.39. The lowest BCUT2D eigenvalue weighted by molar-refractivity contribution is 0.165. The van der Waals surface area contributed by atoms with Gasteiger partial charge in [-0.2, -0.15) is 0 Å². The summed E-state index contributed by atoms with van der Waals surface area (Å²) < 4.78 is 21.6. The van der Waals surface area contributed by atoms with Crippen LogP contribution in [-0.2, 0) is 9.05 Å². The van der Waals surface area contributed by atoms with Gasteiger partial charge in [-0.05, 0) is 5.92 Å². The van der Waals surface area contributed by atoms with Gasteiger partial charge in [0.25, 0.3) is 0 Å². The van der Waals surface area contributed by atoms with E-state index in [0.29, 0.717) is 19.0 Å². The molecule has 0 saturated carbocycles. The highest BCUT2D eigenvalue weighted by Crippen LogP contribution is 2.20. The molecule has 1 rings (SSSR count). The highest BCUT2D eigenvalue weighted by atomic mass is 35.7. The summed E-state index contributed by atoms with van der Waals surface area (Å²) in [7, 11) is 1.88. The van der Waals surface area contributed by atoms with Gasteiger partial charge in [0.1, 0.15) is 5.25 Å². The number of nitrogens with zero attached hydrogens (tertiary/aromatic N) is 1. The fraction of sp³-hybridized carbons (Fsp3) is 1.00. The van der Waals surface area contributed by atoms with E-state index in [2.05, 4.69) is 18.7 Å². The molecule has 1 fully saturated rings. The quantitative estimate of drug-likeness (QED) is 0.651. The molecule has 0 aromatic rings. The third-order valence-corrected chi connectivity index (χ3v) is 3.80. The van der Waals surface area contributed by atoms with Crippen LogP contribution in [0.15, 0.2) is 0 Å². The van der Waals surface area contributed by atoms with Crippen LogP contribution in [0.2, 0.25) is 0 Å². The first-order valence-corrected chi connectivity index (χ1v) is 6.42. The molecule has 5 heteroatoms. The summed E-state index contributed by atoms with van der Waals surface area (Å²) in [5.74, 6) is 0.587. The fourth-order valence-electron chi connectivity index (χ4n) is 1.37. The Hall–Kier alpha value is 0.200. The minimum atomic E-state index is -3.30. The number of likely N-dealkylation sites (tertiary alicyclic amines) is 1. The van der Waals surface area contributed by atoms with Crippen molar-refractivity contribution in [2.45, 2.75) is 19.1 Å². The molecule has 0 spiro atoms. The third kappa shape index (κ3) is 2.61. The van der Waals surface area contributed by atoms with E-state index in [1.54, 1.807) is 0 Å². The van der Waals surface area contributed by atoms with Crippen molar-refractivity contribution < 1.29 is 8.42 Å². The number of hydrogen-bond acceptors (Lipinski definition) is 3. The molecule has 1 heterocycles. The zero-order valence-electron chi connectivity index (χ0n) is 7.33. The Balaban J connectivity index is 2.30. The number of halogens is 1. The van der Waals surface area contributed by atoms with E-state index in [9.17, 15) is 8.42 Å². The molecular weight excluding hydrogens is 198 g/mol. The van der Waals surface area contributed by atoms with Gasteiger partial charge in [0.2, 0.25) is 9.05 Å². The first kappa shape index (κ1) is 10.3. The lowest BCUT2D eigenvalue weighted by atomic mass is 10.1. The lowest BCUT2D eigenvalue weighted by Gasteiger charge is -2.38. The molecule has 0 atom stereocenters. The van der Waals surface area contributed by atoms with Gasteiger partial charge in [0.05, 0.1) is 0 Å². The Bertz CT molecular complexity index is 244. The van der Waals surface area contributed by atoms with Crippen LogP contribution < -0.4 is 0 Å². The standard InChI is InChI=1S/C7H14ClNO2S/c1-6(2)3-9-4-7(5-9)12(8,10)11/h6-7H,3-5H2,1-2H3. The average molecular weight is 212 g/mol. The molecule has 1 saturated heterocycles. The van der Waals surface area contributed by atoms with Crippen LogP contribution in [0.1, 0.15) is 13.8 Å². The van der Waals surface area contributed by atoms with Gasteiger partial charge in [0.15, 0.2) is 0 Å². The van der Waals surface area contributed by atoms with Crippen molar-refractivity contribution in [2.24, 2.45) is 5.92 Å². The van der Waals surface area contributed by atoms with E-state index in [4.69, 9.17) is 10.7 Å². The molecule has 12 heavy (non-hydrogen) atoms. The van der Waals surface area contributed by atoms with Gasteiger partial charge in [0, 0.05) is 30.3 Å². The van der Waals surface area contributed by atoms with E-state index in [0.717, 1.165) is 6.54 Å². The summed E-state index contributed by atoms with van der Waals surface area (Å²) in [4.78, 5) is 2.11. The second-order valence-electron chi connectivity index (χ2n) is 3.71. The first-order valence-electron chi connectivity index (χ1n) is 4.05. The monoisotopic (exact) mass is 211 g/mol. The smallest absolute Gasteiger partial charge is 0.237 e. The zero-order chi connectivity index (χ0) is 9.35.